The molecule has 2 saturated heterocycles. The molecule has 1 amide bonds. The number of hydrogen-bond donors (Lipinski definition) is 1. The van der Waals surface area contributed by atoms with E-state index in [2.05, 4.69) is 4.98 Å². The van der Waals surface area contributed by atoms with Crippen LogP contribution in [0.2, 0.25) is 0 Å². The summed E-state index contributed by atoms with van der Waals surface area (Å²) in [5.74, 6) is -0.941. The average molecular weight is 487 g/mol. The number of aromatic nitrogens is 2. The highest BCUT2D eigenvalue weighted by molar-refractivity contribution is 7.89. The predicted octanol–water partition coefficient (Wildman–Crippen LogP) is 2.73. The third-order valence-electron chi connectivity index (χ3n) is 6.95. The highest BCUT2D eigenvalue weighted by Crippen LogP contribution is 2.29. The van der Waals surface area contributed by atoms with Crippen LogP contribution < -0.4 is 5.69 Å². The van der Waals surface area contributed by atoms with Gasteiger partial charge in [0.2, 0.25) is 15.9 Å². The van der Waals surface area contributed by atoms with E-state index in [1.165, 1.54) is 16.4 Å². The van der Waals surface area contributed by atoms with Crippen LogP contribution in [0.25, 0.3) is 11.0 Å². The number of para-hydroxylation sites is 2. The standard InChI is InChI=1S/C24H27FN4O4S/c25-18-7-9-20(10-8-18)34(32,33)28-13-3-4-17(16-28)23(30)27-14-11-19(12-15-27)29-22-6-2-1-5-21(22)26-24(29)31/h1-2,5-10,17,19H,3-4,11-16H2,(H,26,31). The molecule has 180 valence electrons. The van der Waals surface area contributed by atoms with Crippen molar-refractivity contribution in [1.29, 1.82) is 0 Å². The number of nitrogens with zero attached hydrogens (tertiary/aromatic N) is 3. The molecule has 0 aliphatic carbocycles. The van der Waals surface area contributed by atoms with E-state index in [-0.39, 0.29) is 29.1 Å². The minimum atomic E-state index is -3.79. The fourth-order valence-corrected chi connectivity index (χ4v) is 6.68. The van der Waals surface area contributed by atoms with E-state index in [9.17, 15) is 22.4 Å². The number of benzene rings is 2. The zero-order chi connectivity index (χ0) is 23.9. The second-order valence-electron chi connectivity index (χ2n) is 9.03. The van der Waals surface area contributed by atoms with Crippen molar-refractivity contribution in [2.45, 2.75) is 36.6 Å². The van der Waals surface area contributed by atoms with Crippen LogP contribution in [0, 0.1) is 11.7 Å². The van der Waals surface area contributed by atoms with Crippen molar-refractivity contribution in [2.75, 3.05) is 26.2 Å². The molecule has 2 aliphatic heterocycles. The molecule has 1 atom stereocenters. The van der Waals surface area contributed by atoms with Crippen molar-refractivity contribution in [3.8, 4) is 0 Å². The molecule has 1 aromatic heterocycles. The molecule has 0 radical (unpaired) electrons. The van der Waals surface area contributed by atoms with Gasteiger partial charge in [-0.25, -0.2) is 17.6 Å². The van der Waals surface area contributed by atoms with E-state index < -0.39 is 21.8 Å². The van der Waals surface area contributed by atoms with E-state index >= 15 is 0 Å². The highest BCUT2D eigenvalue weighted by Gasteiger charge is 2.36. The number of halogens is 1. The van der Waals surface area contributed by atoms with Crippen LogP contribution in [0.1, 0.15) is 31.7 Å². The molecular formula is C24H27FN4O4S. The van der Waals surface area contributed by atoms with Crippen molar-refractivity contribution in [1.82, 2.24) is 18.8 Å². The maximum absolute atomic E-state index is 13.3. The lowest BCUT2D eigenvalue weighted by Crippen LogP contribution is -2.49. The Balaban J connectivity index is 1.25. The summed E-state index contributed by atoms with van der Waals surface area (Å²) in [7, 11) is -3.79. The van der Waals surface area contributed by atoms with E-state index in [1.807, 2.05) is 24.3 Å². The minimum Gasteiger partial charge on any atom is -0.342 e. The maximum atomic E-state index is 13.3. The van der Waals surface area contributed by atoms with Crippen LogP contribution in [0.4, 0.5) is 4.39 Å². The number of imidazole rings is 1. The predicted molar refractivity (Wildman–Crippen MR) is 125 cm³/mol. The Kier molecular flexibility index (Phi) is 6.03. The number of carbonyl (C=O) groups is 1. The van der Waals surface area contributed by atoms with E-state index in [1.54, 1.807) is 9.47 Å². The second-order valence-corrected chi connectivity index (χ2v) is 11.0. The van der Waals surface area contributed by atoms with Crippen LogP contribution >= 0.6 is 0 Å². The first kappa shape index (κ1) is 22.8. The molecule has 0 saturated carbocycles. The van der Waals surface area contributed by atoms with Gasteiger partial charge in [0.05, 0.1) is 21.8 Å². The summed E-state index contributed by atoms with van der Waals surface area (Å²) in [6.07, 6.45) is 2.56. The molecule has 1 unspecified atom stereocenters. The first-order chi connectivity index (χ1) is 16.3. The summed E-state index contributed by atoms with van der Waals surface area (Å²) in [6, 6.07) is 12.4. The maximum Gasteiger partial charge on any atom is 0.326 e. The zero-order valence-corrected chi connectivity index (χ0v) is 19.5. The number of carbonyl (C=O) groups excluding carboxylic acids is 1. The topological polar surface area (TPSA) is 95.5 Å². The summed E-state index contributed by atoms with van der Waals surface area (Å²) >= 11 is 0. The van der Waals surface area contributed by atoms with Crippen molar-refractivity contribution in [2.24, 2.45) is 5.92 Å². The SMILES string of the molecule is O=C(C1CCCN(S(=O)(=O)c2ccc(F)cc2)C1)N1CCC(n2c(=O)[nH]c3ccccc32)CC1. The van der Waals surface area contributed by atoms with E-state index in [4.69, 9.17) is 0 Å². The molecule has 3 aromatic rings. The van der Waals surface area contributed by atoms with Crippen LogP contribution in [0.15, 0.2) is 58.2 Å². The van der Waals surface area contributed by atoms with Gasteiger partial charge in [-0.2, -0.15) is 4.31 Å². The monoisotopic (exact) mass is 486 g/mol. The van der Waals surface area contributed by atoms with Crippen LogP contribution in [-0.2, 0) is 14.8 Å². The number of rotatable bonds is 4. The number of nitrogens with one attached hydrogen (secondary N) is 1. The number of sulfonamides is 1. The fraction of sp³-hybridized carbons (Fsp3) is 0.417. The minimum absolute atomic E-state index is 0.00871. The Labute approximate surface area is 197 Å². The molecule has 2 aliphatic rings. The number of fused-ring (bicyclic) bond motifs is 1. The van der Waals surface area contributed by atoms with Crippen LogP contribution in [-0.4, -0.2) is 59.3 Å². The van der Waals surface area contributed by atoms with Gasteiger partial charge in [-0.3, -0.25) is 9.36 Å². The molecule has 0 spiro atoms. The summed E-state index contributed by atoms with van der Waals surface area (Å²) in [5, 5.41) is 0. The smallest absolute Gasteiger partial charge is 0.326 e. The Bertz CT molecular complexity index is 1360. The Morgan fingerprint density at radius 3 is 2.41 bits per heavy atom. The van der Waals surface area contributed by atoms with Gasteiger partial charge < -0.3 is 9.88 Å². The van der Waals surface area contributed by atoms with E-state index in [0.29, 0.717) is 45.3 Å². The van der Waals surface area contributed by atoms with Crippen molar-refractivity contribution >= 4 is 27.0 Å². The number of amides is 1. The summed E-state index contributed by atoms with van der Waals surface area (Å²) in [6.45, 7) is 1.52. The molecule has 8 nitrogen and oxygen atoms in total. The lowest BCUT2D eigenvalue weighted by Gasteiger charge is -2.37. The average Bonchev–Trinajstić information content (AvgIpc) is 3.19. The lowest BCUT2D eigenvalue weighted by molar-refractivity contribution is -0.138. The summed E-state index contributed by atoms with van der Waals surface area (Å²) < 4.78 is 42.4. The number of hydrogen-bond acceptors (Lipinski definition) is 4. The molecule has 10 heteroatoms. The Morgan fingerprint density at radius 1 is 0.971 bits per heavy atom. The van der Waals surface area contributed by atoms with Crippen molar-refractivity contribution < 1.29 is 17.6 Å². The van der Waals surface area contributed by atoms with Crippen molar-refractivity contribution in [3.05, 3.63) is 64.8 Å². The molecule has 34 heavy (non-hydrogen) atoms. The van der Waals surface area contributed by atoms with Crippen LogP contribution in [0.3, 0.4) is 0 Å². The van der Waals surface area contributed by atoms with Gasteiger partial charge in [-0.15, -0.1) is 0 Å². The highest BCUT2D eigenvalue weighted by atomic mass is 32.2. The molecule has 3 heterocycles. The quantitative estimate of drug-likeness (QED) is 0.614. The fourth-order valence-electron chi connectivity index (χ4n) is 5.16. The van der Waals surface area contributed by atoms with Crippen LogP contribution in [0.5, 0.6) is 0 Å². The second kappa shape index (κ2) is 8.99. The third kappa shape index (κ3) is 4.16. The molecule has 2 aromatic carbocycles. The first-order valence-corrected chi connectivity index (χ1v) is 13.0. The molecule has 0 bridgehead atoms. The summed E-state index contributed by atoms with van der Waals surface area (Å²) in [5.41, 5.74) is 1.53. The number of H-pyrrole nitrogens is 1. The van der Waals surface area contributed by atoms with Gasteiger partial charge in [0, 0.05) is 32.2 Å². The first-order valence-electron chi connectivity index (χ1n) is 11.6. The van der Waals surface area contributed by atoms with Gasteiger partial charge in [-0.1, -0.05) is 12.1 Å². The number of aromatic amines is 1. The molecule has 1 N–H and O–H groups in total. The molecule has 5 rings (SSSR count). The zero-order valence-electron chi connectivity index (χ0n) is 18.7. The number of likely N-dealkylation sites (tertiary alicyclic amines) is 1. The normalized spacial score (nSPS) is 20.6. The third-order valence-corrected chi connectivity index (χ3v) is 8.83. The largest absolute Gasteiger partial charge is 0.342 e. The lowest BCUT2D eigenvalue weighted by atomic mass is 9.96. The van der Waals surface area contributed by atoms with Gasteiger partial charge in [0.15, 0.2) is 0 Å². The molecular weight excluding hydrogens is 459 g/mol. The van der Waals surface area contributed by atoms with Gasteiger partial charge in [0.1, 0.15) is 5.82 Å². The number of piperidine rings is 2. The summed E-state index contributed by atoms with van der Waals surface area (Å²) in [4.78, 5) is 30.5. The van der Waals surface area contributed by atoms with Crippen molar-refractivity contribution in [3.63, 3.8) is 0 Å². The molecule has 2 fully saturated rings. The Morgan fingerprint density at radius 2 is 1.68 bits per heavy atom. The Hall–Kier alpha value is -2.98. The van der Waals surface area contributed by atoms with E-state index in [0.717, 1.165) is 23.2 Å². The van der Waals surface area contributed by atoms with Gasteiger partial charge in [0.25, 0.3) is 0 Å². The van der Waals surface area contributed by atoms with Gasteiger partial charge in [-0.05, 0) is 62.1 Å². The van der Waals surface area contributed by atoms with Gasteiger partial charge >= 0.3 is 5.69 Å².